The molecule has 1 aromatic heterocycles. The van der Waals surface area contributed by atoms with Gasteiger partial charge in [-0.2, -0.15) is 0 Å². The topological polar surface area (TPSA) is 12.0 Å². The van der Waals surface area contributed by atoms with Crippen molar-refractivity contribution in [1.82, 2.24) is 5.32 Å². The normalized spacial score (nSPS) is 16.3. The molecular weight excluding hydrogens is 330 g/mol. The van der Waals surface area contributed by atoms with Crippen LogP contribution in [0.3, 0.4) is 0 Å². The lowest BCUT2D eigenvalue weighted by Gasteiger charge is -2.18. The van der Waals surface area contributed by atoms with E-state index < -0.39 is 0 Å². The van der Waals surface area contributed by atoms with Crippen LogP contribution in [0.15, 0.2) is 40.2 Å². The molecule has 0 bridgehead atoms. The van der Waals surface area contributed by atoms with Gasteiger partial charge in [0.05, 0.1) is 0 Å². The van der Waals surface area contributed by atoms with Crippen molar-refractivity contribution in [2.45, 2.75) is 38.1 Å². The third-order valence-electron chi connectivity index (χ3n) is 3.81. The van der Waals surface area contributed by atoms with Crippen LogP contribution in [0.1, 0.15) is 34.8 Å². The molecule has 0 spiro atoms. The molecule has 3 rings (SSSR count). The predicted octanol–water partition coefficient (Wildman–Crippen LogP) is 4.90. The molecule has 0 amide bonds. The minimum Gasteiger partial charge on any atom is -0.313 e. The molecule has 106 valence electrons. The van der Waals surface area contributed by atoms with Crippen molar-refractivity contribution in [3.63, 3.8) is 0 Å². The van der Waals surface area contributed by atoms with Gasteiger partial charge in [0.2, 0.25) is 0 Å². The molecular formula is C17H20BrNS. The van der Waals surface area contributed by atoms with E-state index in [4.69, 9.17) is 0 Å². The number of thiophene rings is 1. The van der Waals surface area contributed by atoms with Gasteiger partial charge in [-0.3, -0.25) is 0 Å². The second-order valence-corrected chi connectivity index (χ2v) is 7.64. The monoisotopic (exact) mass is 349 g/mol. The lowest BCUT2D eigenvalue weighted by atomic mass is 9.93. The van der Waals surface area contributed by atoms with Gasteiger partial charge >= 0.3 is 0 Å². The number of halogens is 1. The van der Waals surface area contributed by atoms with Gasteiger partial charge in [-0.05, 0) is 53.7 Å². The van der Waals surface area contributed by atoms with Crippen LogP contribution in [-0.2, 0) is 6.42 Å². The zero-order chi connectivity index (χ0) is 13.9. The fourth-order valence-electron chi connectivity index (χ4n) is 2.53. The molecule has 1 saturated carbocycles. The summed E-state index contributed by atoms with van der Waals surface area (Å²) in [5, 5.41) is 5.87. The molecule has 1 aliphatic rings. The van der Waals surface area contributed by atoms with Crippen molar-refractivity contribution < 1.29 is 0 Å². The Labute approximate surface area is 133 Å². The average molecular weight is 350 g/mol. The Morgan fingerprint density at radius 1 is 1.35 bits per heavy atom. The highest BCUT2D eigenvalue weighted by atomic mass is 79.9. The Bertz CT molecular complexity index is 574. The summed E-state index contributed by atoms with van der Waals surface area (Å²) in [4.78, 5) is 1.46. The second-order valence-electron chi connectivity index (χ2n) is 5.73. The summed E-state index contributed by atoms with van der Waals surface area (Å²) in [7, 11) is 0. The van der Waals surface area contributed by atoms with Gasteiger partial charge in [-0.25, -0.2) is 0 Å². The predicted molar refractivity (Wildman–Crippen MR) is 90.7 cm³/mol. The molecule has 1 heterocycles. The van der Waals surface area contributed by atoms with E-state index in [1.807, 2.05) is 11.3 Å². The molecule has 1 N–H and O–H groups in total. The van der Waals surface area contributed by atoms with E-state index in [0.717, 1.165) is 19.0 Å². The summed E-state index contributed by atoms with van der Waals surface area (Å²) < 4.78 is 1.20. The maximum atomic E-state index is 3.69. The SMILES string of the molecule is Cc1cccc(C(CNC2CC2)Cc2cc(Br)cs2)c1. The molecule has 1 fully saturated rings. The summed E-state index contributed by atoms with van der Waals surface area (Å²) in [5.74, 6) is 0.570. The van der Waals surface area contributed by atoms with Crippen molar-refractivity contribution in [2.75, 3.05) is 6.54 Å². The van der Waals surface area contributed by atoms with E-state index in [0.29, 0.717) is 5.92 Å². The molecule has 1 aliphatic carbocycles. The molecule has 2 aromatic rings. The standard InChI is InChI=1S/C17H20BrNS/c1-12-3-2-4-13(7-12)14(10-19-16-5-6-16)8-17-9-15(18)11-20-17/h2-4,7,9,11,14,16,19H,5-6,8,10H2,1H3. The zero-order valence-electron chi connectivity index (χ0n) is 11.7. The first-order valence-electron chi connectivity index (χ1n) is 7.23. The maximum Gasteiger partial charge on any atom is 0.0285 e. The lowest BCUT2D eigenvalue weighted by Crippen LogP contribution is -2.24. The molecule has 0 radical (unpaired) electrons. The van der Waals surface area contributed by atoms with Crippen LogP contribution in [0.5, 0.6) is 0 Å². The first-order chi connectivity index (χ1) is 9.70. The summed E-state index contributed by atoms with van der Waals surface area (Å²) in [6, 6.07) is 12.0. The highest BCUT2D eigenvalue weighted by Gasteiger charge is 2.23. The number of benzene rings is 1. The van der Waals surface area contributed by atoms with Gasteiger partial charge in [0.1, 0.15) is 0 Å². The van der Waals surface area contributed by atoms with E-state index in [9.17, 15) is 0 Å². The lowest BCUT2D eigenvalue weighted by molar-refractivity contribution is 0.579. The second kappa shape index (κ2) is 6.42. The van der Waals surface area contributed by atoms with Gasteiger partial charge in [0.15, 0.2) is 0 Å². The Hall–Kier alpha value is -0.640. The van der Waals surface area contributed by atoms with Crippen LogP contribution in [0.2, 0.25) is 0 Å². The summed E-state index contributed by atoms with van der Waals surface area (Å²) >= 11 is 5.41. The maximum absolute atomic E-state index is 3.69. The minimum atomic E-state index is 0.570. The van der Waals surface area contributed by atoms with E-state index >= 15 is 0 Å². The van der Waals surface area contributed by atoms with Crippen molar-refractivity contribution in [1.29, 1.82) is 0 Å². The summed E-state index contributed by atoms with van der Waals surface area (Å²) in [5.41, 5.74) is 2.81. The van der Waals surface area contributed by atoms with Gasteiger partial charge in [-0.15, -0.1) is 11.3 Å². The van der Waals surface area contributed by atoms with Crippen LogP contribution < -0.4 is 5.32 Å². The van der Waals surface area contributed by atoms with Crippen molar-refractivity contribution in [2.24, 2.45) is 0 Å². The van der Waals surface area contributed by atoms with Crippen LogP contribution in [0, 0.1) is 6.92 Å². The molecule has 1 aromatic carbocycles. The first-order valence-corrected chi connectivity index (χ1v) is 8.91. The summed E-state index contributed by atoms with van der Waals surface area (Å²) in [6.07, 6.45) is 3.83. The quantitative estimate of drug-likeness (QED) is 0.782. The van der Waals surface area contributed by atoms with Gasteiger partial charge in [-0.1, -0.05) is 29.8 Å². The summed E-state index contributed by atoms with van der Waals surface area (Å²) in [6.45, 7) is 3.26. The van der Waals surface area contributed by atoms with E-state index in [1.165, 1.54) is 33.3 Å². The largest absolute Gasteiger partial charge is 0.313 e. The molecule has 1 nitrogen and oxygen atoms in total. The van der Waals surface area contributed by atoms with Crippen molar-refractivity contribution >= 4 is 27.3 Å². The van der Waals surface area contributed by atoms with Gasteiger partial charge < -0.3 is 5.32 Å². The zero-order valence-corrected chi connectivity index (χ0v) is 14.1. The number of nitrogens with one attached hydrogen (secondary N) is 1. The van der Waals surface area contributed by atoms with E-state index in [2.05, 4.69) is 63.9 Å². The van der Waals surface area contributed by atoms with Crippen molar-refractivity contribution in [3.8, 4) is 0 Å². The number of hydrogen-bond donors (Lipinski definition) is 1. The Morgan fingerprint density at radius 2 is 2.20 bits per heavy atom. The molecule has 1 atom stereocenters. The Morgan fingerprint density at radius 3 is 2.85 bits per heavy atom. The van der Waals surface area contributed by atoms with Gasteiger partial charge in [0, 0.05) is 33.2 Å². The molecule has 3 heteroatoms. The molecule has 1 unspecified atom stereocenters. The molecule has 0 saturated heterocycles. The number of rotatable bonds is 6. The van der Waals surface area contributed by atoms with Crippen LogP contribution in [-0.4, -0.2) is 12.6 Å². The van der Waals surface area contributed by atoms with Gasteiger partial charge in [0.25, 0.3) is 0 Å². The fourth-order valence-corrected chi connectivity index (χ4v) is 4.06. The van der Waals surface area contributed by atoms with E-state index in [1.54, 1.807) is 0 Å². The Balaban J connectivity index is 1.74. The number of aryl methyl sites for hydroxylation is 1. The van der Waals surface area contributed by atoms with Crippen LogP contribution in [0.4, 0.5) is 0 Å². The fraction of sp³-hybridized carbons (Fsp3) is 0.412. The van der Waals surface area contributed by atoms with Crippen molar-refractivity contribution in [3.05, 3.63) is 56.2 Å². The highest BCUT2D eigenvalue weighted by molar-refractivity contribution is 9.10. The first kappa shape index (κ1) is 14.3. The third-order valence-corrected chi connectivity index (χ3v) is 5.53. The Kier molecular flexibility index (Phi) is 4.59. The smallest absolute Gasteiger partial charge is 0.0285 e. The van der Waals surface area contributed by atoms with E-state index in [-0.39, 0.29) is 0 Å². The van der Waals surface area contributed by atoms with Crippen LogP contribution >= 0.6 is 27.3 Å². The highest BCUT2D eigenvalue weighted by Crippen LogP contribution is 2.28. The minimum absolute atomic E-state index is 0.570. The number of hydrogen-bond acceptors (Lipinski definition) is 2. The average Bonchev–Trinajstić information content (AvgIpc) is 3.17. The molecule has 20 heavy (non-hydrogen) atoms. The third kappa shape index (κ3) is 3.94. The van der Waals surface area contributed by atoms with Crippen LogP contribution in [0.25, 0.3) is 0 Å². The molecule has 0 aliphatic heterocycles.